The van der Waals surface area contributed by atoms with E-state index in [4.69, 9.17) is 4.74 Å². The lowest BCUT2D eigenvalue weighted by Crippen LogP contribution is -2.06. The monoisotopic (exact) mass is 306 g/mol. The molecule has 4 rings (SSSR count). The van der Waals surface area contributed by atoms with Gasteiger partial charge in [-0.05, 0) is 28.6 Å². The molecule has 0 amide bonds. The van der Waals surface area contributed by atoms with Crippen LogP contribution >= 0.6 is 0 Å². The number of para-hydroxylation sites is 3. The quantitative estimate of drug-likeness (QED) is 0.623. The molecule has 0 aliphatic carbocycles. The molecule has 23 heavy (non-hydrogen) atoms. The summed E-state index contributed by atoms with van der Waals surface area (Å²) in [6.45, 7) is 0.567. The maximum Gasteiger partial charge on any atom is 0.222 e. The van der Waals surface area contributed by atoms with Crippen molar-refractivity contribution in [1.29, 1.82) is 0 Å². The Morgan fingerprint density at radius 3 is 2.83 bits per heavy atom. The molecular weight excluding hydrogens is 292 g/mol. The number of benzene rings is 2. The summed E-state index contributed by atoms with van der Waals surface area (Å²) in [4.78, 5) is 4.63. The number of rotatable bonds is 4. The number of nitrogens with one attached hydrogen (secondary N) is 1. The zero-order chi connectivity index (χ0) is 15.6. The molecule has 0 atom stereocenters. The van der Waals surface area contributed by atoms with Gasteiger partial charge in [-0.25, -0.2) is 4.98 Å². The van der Waals surface area contributed by atoms with Gasteiger partial charge in [-0.15, -0.1) is 5.10 Å². The van der Waals surface area contributed by atoms with Crippen molar-refractivity contribution in [2.45, 2.75) is 6.54 Å². The topological polar surface area (TPSA) is 77.2 Å². The molecule has 2 aromatic carbocycles. The van der Waals surface area contributed by atoms with E-state index in [1.807, 2.05) is 48.5 Å². The predicted molar refractivity (Wildman–Crippen MR) is 86.4 cm³/mol. The zero-order valence-corrected chi connectivity index (χ0v) is 12.5. The van der Waals surface area contributed by atoms with Crippen LogP contribution in [-0.4, -0.2) is 32.1 Å². The van der Waals surface area contributed by atoms with Crippen LogP contribution in [0.25, 0.3) is 16.7 Å². The van der Waals surface area contributed by atoms with Crippen molar-refractivity contribution in [1.82, 2.24) is 25.0 Å². The second-order valence-corrected chi connectivity index (χ2v) is 5.03. The smallest absolute Gasteiger partial charge is 0.222 e. The van der Waals surface area contributed by atoms with Crippen molar-refractivity contribution in [2.24, 2.45) is 0 Å². The number of hydrogen-bond acceptors (Lipinski definition) is 6. The van der Waals surface area contributed by atoms with Crippen LogP contribution in [0.5, 0.6) is 5.75 Å². The van der Waals surface area contributed by atoms with E-state index in [9.17, 15) is 0 Å². The molecule has 0 aliphatic rings. The Kier molecular flexibility index (Phi) is 3.23. The van der Waals surface area contributed by atoms with E-state index in [2.05, 4.69) is 25.8 Å². The van der Waals surface area contributed by atoms with Crippen LogP contribution in [0.1, 0.15) is 5.56 Å². The number of tetrazole rings is 1. The van der Waals surface area contributed by atoms with E-state index in [0.29, 0.717) is 18.0 Å². The number of hydrogen-bond donors (Lipinski definition) is 1. The second-order valence-electron chi connectivity index (χ2n) is 5.03. The molecule has 0 radical (unpaired) electrons. The first-order chi connectivity index (χ1) is 11.4. The number of nitrogens with zero attached hydrogens (tertiary/aromatic N) is 5. The van der Waals surface area contributed by atoms with E-state index >= 15 is 0 Å². The Morgan fingerprint density at radius 1 is 1.09 bits per heavy atom. The third kappa shape index (κ3) is 2.32. The van der Waals surface area contributed by atoms with Gasteiger partial charge < -0.3 is 10.1 Å². The summed E-state index contributed by atoms with van der Waals surface area (Å²) in [5, 5.41) is 15.2. The van der Waals surface area contributed by atoms with Gasteiger partial charge in [-0.1, -0.05) is 30.3 Å². The van der Waals surface area contributed by atoms with Crippen molar-refractivity contribution in [3.63, 3.8) is 0 Å². The van der Waals surface area contributed by atoms with Gasteiger partial charge in [0.2, 0.25) is 5.65 Å². The highest BCUT2D eigenvalue weighted by atomic mass is 16.5. The van der Waals surface area contributed by atoms with E-state index in [1.54, 1.807) is 11.6 Å². The minimum atomic E-state index is 0.567. The van der Waals surface area contributed by atoms with E-state index < -0.39 is 0 Å². The molecule has 0 fully saturated rings. The molecule has 7 nitrogen and oxygen atoms in total. The summed E-state index contributed by atoms with van der Waals surface area (Å²) in [5.74, 6) is 1.47. The summed E-state index contributed by atoms with van der Waals surface area (Å²) in [6.07, 6.45) is 0. The van der Waals surface area contributed by atoms with Gasteiger partial charge in [-0.2, -0.15) is 4.52 Å². The number of aromatic nitrogens is 5. The van der Waals surface area contributed by atoms with E-state index in [1.165, 1.54) is 0 Å². The maximum atomic E-state index is 5.37. The molecule has 0 saturated heterocycles. The van der Waals surface area contributed by atoms with Crippen molar-refractivity contribution < 1.29 is 4.74 Å². The lowest BCUT2D eigenvalue weighted by molar-refractivity contribution is 0.410. The average Bonchev–Trinajstić information content (AvgIpc) is 3.10. The van der Waals surface area contributed by atoms with Crippen LogP contribution in [-0.2, 0) is 6.54 Å². The van der Waals surface area contributed by atoms with Crippen molar-refractivity contribution in [2.75, 3.05) is 12.4 Å². The van der Waals surface area contributed by atoms with Gasteiger partial charge in [0.25, 0.3) is 0 Å². The summed E-state index contributed by atoms with van der Waals surface area (Å²) >= 11 is 0. The minimum Gasteiger partial charge on any atom is -0.496 e. The number of fused-ring (bicyclic) bond motifs is 3. The Balaban J connectivity index is 1.74. The van der Waals surface area contributed by atoms with Crippen molar-refractivity contribution in [3.8, 4) is 5.75 Å². The fourth-order valence-electron chi connectivity index (χ4n) is 2.55. The lowest BCUT2D eigenvalue weighted by atomic mass is 10.2. The van der Waals surface area contributed by atoms with Gasteiger partial charge in [0.05, 0.1) is 18.1 Å². The Labute approximate surface area is 131 Å². The first kappa shape index (κ1) is 13.4. The standard InChI is InChI=1S/C16H14N6O/c1-23-14-9-5-2-6-11(14)10-17-15-16-19-20-21-22(16)13-8-4-3-7-12(13)18-15/h2-9H,10H2,1H3,(H,17,18). The number of anilines is 1. The largest absolute Gasteiger partial charge is 0.496 e. The van der Waals surface area contributed by atoms with Crippen LogP contribution in [0.4, 0.5) is 5.82 Å². The van der Waals surface area contributed by atoms with Crippen molar-refractivity contribution >= 4 is 22.5 Å². The van der Waals surface area contributed by atoms with Crippen LogP contribution < -0.4 is 10.1 Å². The van der Waals surface area contributed by atoms with Gasteiger partial charge >= 0.3 is 0 Å². The molecule has 0 aliphatic heterocycles. The molecule has 2 aromatic heterocycles. The van der Waals surface area contributed by atoms with Crippen LogP contribution in [0.3, 0.4) is 0 Å². The van der Waals surface area contributed by atoms with Gasteiger partial charge in [-0.3, -0.25) is 0 Å². The minimum absolute atomic E-state index is 0.567. The zero-order valence-electron chi connectivity index (χ0n) is 12.5. The maximum absolute atomic E-state index is 5.37. The summed E-state index contributed by atoms with van der Waals surface area (Å²) in [6, 6.07) is 15.6. The molecule has 1 N–H and O–H groups in total. The fraction of sp³-hybridized carbons (Fsp3) is 0.125. The first-order valence-corrected chi connectivity index (χ1v) is 7.19. The number of methoxy groups -OCH3 is 1. The Morgan fingerprint density at radius 2 is 1.91 bits per heavy atom. The van der Waals surface area contributed by atoms with Crippen molar-refractivity contribution in [3.05, 3.63) is 54.1 Å². The van der Waals surface area contributed by atoms with E-state index in [-0.39, 0.29) is 0 Å². The molecule has 0 bridgehead atoms. The normalized spacial score (nSPS) is 11.0. The highest BCUT2D eigenvalue weighted by Gasteiger charge is 2.11. The molecule has 0 unspecified atom stereocenters. The van der Waals surface area contributed by atoms with Gasteiger partial charge in [0.1, 0.15) is 5.75 Å². The van der Waals surface area contributed by atoms with Crippen LogP contribution in [0, 0.1) is 0 Å². The summed E-state index contributed by atoms with van der Waals surface area (Å²) in [5.41, 5.74) is 3.33. The lowest BCUT2D eigenvalue weighted by Gasteiger charge is -2.11. The number of ether oxygens (including phenoxy) is 1. The summed E-state index contributed by atoms with van der Waals surface area (Å²) < 4.78 is 7.06. The molecule has 7 heteroatoms. The molecule has 4 aromatic rings. The third-order valence-corrected chi connectivity index (χ3v) is 3.66. The Bertz CT molecular complexity index is 981. The second kappa shape index (κ2) is 5.53. The first-order valence-electron chi connectivity index (χ1n) is 7.19. The predicted octanol–water partition coefficient (Wildman–Crippen LogP) is 2.29. The molecule has 0 saturated carbocycles. The van der Waals surface area contributed by atoms with Gasteiger partial charge in [0.15, 0.2) is 5.82 Å². The van der Waals surface area contributed by atoms with Crippen LogP contribution in [0.2, 0.25) is 0 Å². The summed E-state index contributed by atoms with van der Waals surface area (Å²) in [7, 11) is 1.66. The van der Waals surface area contributed by atoms with Gasteiger partial charge in [0, 0.05) is 12.1 Å². The highest BCUT2D eigenvalue weighted by molar-refractivity contribution is 5.81. The highest BCUT2D eigenvalue weighted by Crippen LogP contribution is 2.22. The molecule has 2 heterocycles. The van der Waals surface area contributed by atoms with E-state index in [0.717, 1.165) is 22.3 Å². The fourth-order valence-corrected chi connectivity index (χ4v) is 2.55. The van der Waals surface area contributed by atoms with Crippen LogP contribution in [0.15, 0.2) is 48.5 Å². The molecule has 0 spiro atoms. The third-order valence-electron chi connectivity index (χ3n) is 3.66. The molecule has 114 valence electrons. The average molecular weight is 306 g/mol. The molecular formula is C16H14N6O. The SMILES string of the molecule is COc1ccccc1CNc1nc2ccccc2n2nnnc12. The Hall–Kier alpha value is -3.22.